The van der Waals surface area contributed by atoms with E-state index in [-0.39, 0.29) is 177 Å². The molecular weight excluding hydrogens is 1480 g/mol. The molecule has 3 fully saturated rings. The molecule has 2 unspecified atom stereocenters. The van der Waals surface area contributed by atoms with Crippen LogP contribution in [-0.4, -0.2) is 375 Å². The van der Waals surface area contributed by atoms with Gasteiger partial charge in [-0.1, -0.05) is 51.9 Å². The number of unbranched alkanes of at least 4 members (excludes halogenated alkanes) is 9. The third kappa shape index (κ3) is 43.9. The molecule has 17 N–H and O–H groups in total. The van der Waals surface area contributed by atoms with E-state index in [9.17, 15) is 84.3 Å². The van der Waals surface area contributed by atoms with Crippen LogP contribution < -0.4 is 42.5 Å². The molecule has 3 saturated heterocycles. The molecule has 3 aliphatic heterocycles. The smallest absolute Gasteiger partial charge is 0.246 e. The van der Waals surface area contributed by atoms with Gasteiger partial charge in [0, 0.05) is 47.0 Å². The quantitative estimate of drug-likeness (QED) is 0.0252. The van der Waals surface area contributed by atoms with Crippen LogP contribution in [0, 0.1) is 0 Å². The molecule has 0 saturated carbocycles. The molecule has 0 aromatic rings. The van der Waals surface area contributed by atoms with E-state index >= 15 is 0 Å². The fourth-order valence-electron chi connectivity index (χ4n) is 11.7. The zero-order valence-corrected chi connectivity index (χ0v) is 64.9. The Hall–Kier alpha value is -5.20. The average molecular weight is 1610 g/mol. The van der Waals surface area contributed by atoms with Gasteiger partial charge in [0.1, 0.15) is 98.9 Å². The normalized spacial score (nSPS) is 24.4. The fourth-order valence-corrected chi connectivity index (χ4v) is 11.7. The number of carbonyl (C=O) groups is 8. The molecule has 8 amide bonds. The Balaban J connectivity index is 1.47. The molecule has 0 aromatic heterocycles. The average Bonchev–Trinajstić information content (AvgIpc) is 0.820. The lowest BCUT2D eigenvalue weighted by atomic mass is 9.95. The van der Waals surface area contributed by atoms with E-state index in [0.717, 1.165) is 38.5 Å². The molecule has 3 aliphatic rings. The van der Waals surface area contributed by atoms with Crippen molar-refractivity contribution in [3.05, 3.63) is 0 Å². The van der Waals surface area contributed by atoms with Crippen LogP contribution in [0.4, 0.5) is 0 Å². The second kappa shape index (κ2) is 62.1. The molecule has 3 rings (SSSR count). The third-order valence-electron chi connectivity index (χ3n) is 17.5. The standard InChI is InChI=1S/C71H130N8O32/c1-5-6-7-8-9-10-11-14-22-74-67(95)50(17-12-15-20-72-55(86)44-103-33-30-97-24-27-100-36-39-106-69-58(75-47(2)83)64(92)61(89)52(109-69)19-23-80)79-68(96)51(78-57(88)46-105-35-32-99-26-29-102-38-41-108-71-60(77-49(4)85)66(94)63(91)54(43-82)111-71)18-13-16-21-73-56(87)45-104-34-31-98-25-28-101-37-40-107-70-59(76-48(3)84)65(93)62(90)53(42-81)110-70/h50-54,58-66,69-71,80-82,89-94H,5-46H2,1-4H3,(H,72,86)(H,73,87)(H,74,95)(H,75,83)(H,76,84)(H,77,85)(H,78,88)(H,79,96)/t50?,51?,52-,53-,54-,58-,59-,60-,61+,62+,63+,64-,65-,66-,69-,70-,71-/m1/s1. The summed E-state index contributed by atoms with van der Waals surface area (Å²) in [5.74, 6) is -3.92. The van der Waals surface area contributed by atoms with E-state index in [4.69, 9.17) is 71.1 Å². The molecule has 0 spiro atoms. The van der Waals surface area contributed by atoms with Crippen molar-refractivity contribution >= 4 is 47.3 Å². The van der Waals surface area contributed by atoms with Gasteiger partial charge in [-0.25, -0.2) is 0 Å². The lowest BCUT2D eigenvalue weighted by Gasteiger charge is -2.42. The van der Waals surface area contributed by atoms with Gasteiger partial charge in [0.25, 0.3) is 0 Å². The Morgan fingerprint density at radius 1 is 0.342 bits per heavy atom. The zero-order valence-electron chi connectivity index (χ0n) is 64.9. The maximum Gasteiger partial charge on any atom is 0.246 e. The first kappa shape index (κ1) is 100.0. The van der Waals surface area contributed by atoms with Gasteiger partial charge >= 0.3 is 0 Å². The number of aliphatic hydroxyl groups is 9. The van der Waals surface area contributed by atoms with Crippen molar-refractivity contribution < 1.29 is 155 Å². The number of ether oxygens (including phenoxy) is 15. The summed E-state index contributed by atoms with van der Waals surface area (Å²) >= 11 is 0. The topological polar surface area (TPSA) is 553 Å². The molecule has 40 nitrogen and oxygen atoms in total. The second-order valence-corrected chi connectivity index (χ2v) is 26.7. The number of nitrogens with one attached hydrogen (secondary N) is 8. The number of rotatable bonds is 66. The van der Waals surface area contributed by atoms with Crippen molar-refractivity contribution in [2.75, 3.05) is 178 Å². The Morgan fingerprint density at radius 3 is 1.01 bits per heavy atom. The summed E-state index contributed by atoms with van der Waals surface area (Å²) in [4.78, 5) is 102. The van der Waals surface area contributed by atoms with E-state index in [1.54, 1.807) is 0 Å². The van der Waals surface area contributed by atoms with Crippen LogP contribution in [0.1, 0.15) is 124 Å². The minimum Gasteiger partial charge on any atom is -0.396 e. The minimum absolute atomic E-state index is 0.0131. The van der Waals surface area contributed by atoms with Crippen LogP contribution in [0.2, 0.25) is 0 Å². The van der Waals surface area contributed by atoms with Crippen molar-refractivity contribution in [2.24, 2.45) is 0 Å². The summed E-state index contributed by atoms with van der Waals surface area (Å²) in [7, 11) is 0. The highest BCUT2D eigenvalue weighted by Gasteiger charge is 2.48. The van der Waals surface area contributed by atoms with Gasteiger partial charge in [-0.2, -0.15) is 0 Å². The number of hydrogen-bond acceptors (Lipinski definition) is 32. The highest BCUT2D eigenvalue weighted by Crippen LogP contribution is 2.26. The molecule has 0 bridgehead atoms. The summed E-state index contributed by atoms with van der Waals surface area (Å²) in [6, 6.07) is -5.40. The molecule has 646 valence electrons. The van der Waals surface area contributed by atoms with Crippen LogP contribution in [0.25, 0.3) is 0 Å². The lowest BCUT2D eigenvalue weighted by molar-refractivity contribution is -0.272. The molecule has 3 heterocycles. The van der Waals surface area contributed by atoms with Crippen LogP contribution in [-0.2, 0) is 109 Å². The Morgan fingerprint density at radius 2 is 0.649 bits per heavy atom. The summed E-state index contributed by atoms with van der Waals surface area (Å²) in [5.41, 5.74) is 0. The van der Waals surface area contributed by atoms with E-state index in [1.807, 2.05) is 0 Å². The maximum absolute atomic E-state index is 14.3. The van der Waals surface area contributed by atoms with Gasteiger partial charge in [-0.3, -0.25) is 38.4 Å². The summed E-state index contributed by atoms with van der Waals surface area (Å²) in [6.07, 6.45) is -4.88. The molecule has 17 atom stereocenters. The molecular formula is C71H130N8O32. The van der Waals surface area contributed by atoms with Crippen molar-refractivity contribution in [2.45, 2.75) is 228 Å². The number of aliphatic hydroxyl groups excluding tert-OH is 9. The highest BCUT2D eigenvalue weighted by molar-refractivity contribution is 5.92. The first-order valence-electron chi connectivity index (χ1n) is 38.7. The van der Waals surface area contributed by atoms with Crippen molar-refractivity contribution in [3.63, 3.8) is 0 Å². The first-order chi connectivity index (χ1) is 53.6. The molecule has 0 aromatic carbocycles. The molecule has 40 heteroatoms. The maximum atomic E-state index is 14.3. The first-order valence-corrected chi connectivity index (χ1v) is 38.7. The number of carbonyl (C=O) groups excluding carboxylic acids is 8. The van der Waals surface area contributed by atoms with Crippen molar-refractivity contribution in [3.8, 4) is 0 Å². The van der Waals surface area contributed by atoms with E-state index in [1.165, 1.54) is 33.6 Å². The van der Waals surface area contributed by atoms with Gasteiger partial charge < -0.3 is 160 Å². The predicted octanol–water partition coefficient (Wildman–Crippen LogP) is -5.79. The second-order valence-electron chi connectivity index (χ2n) is 26.7. The minimum atomic E-state index is -1.47. The number of amides is 8. The van der Waals surface area contributed by atoms with Gasteiger partial charge in [0.05, 0.1) is 138 Å². The Bertz CT molecular complexity index is 2510. The fraction of sp³-hybridized carbons (Fsp3) is 0.887. The van der Waals surface area contributed by atoms with Gasteiger partial charge in [0.15, 0.2) is 18.9 Å². The highest BCUT2D eigenvalue weighted by atomic mass is 16.7. The van der Waals surface area contributed by atoms with Crippen LogP contribution in [0.5, 0.6) is 0 Å². The van der Waals surface area contributed by atoms with E-state index < -0.39 is 165 Å². The summed E-state index contributed by atoms with van der Waals surface area (Å²) in [5, 5.41) is 112. The Labute approximate surface area is 649 Å². The zero-order chi connectivity index (χ0) is 81.4. The van der Waals surface area contributed by atoms with E-state index in [0.29, 0.717) is 32.2 Å². The van der Waals surface area contributed by atoms with Crippen LogP contribution >= 0.6 is 0 Å². The SMILES string of the molecule is CCCCCCCCCCNC(=O)C(CCCCNC(=O)COCCOCCOCCO[C@@H]1O[C@H](CCO)[C@H](O)[C@H](O)[C@H]1NC(C)=O)NC(=O)C(CCCCNC(=O)COCCOCCOCCO[C@@H]1O[C@H](CO)[C@H](O)[C@H](O)[C@H]1NC(C)=O)NC(=O)COCCOCCOCCO[C@@H]1O[C@H](CO)[C@H](O)[C@H](O)[C@H]1NC(C)=O. The molecule has 0 aliphatic carbocycles. The van der Waals surface area contributed by atoms with Crippen molar-refractivity contribution in [1.29, 1.82) is 0 Å². The summed E-state index contributed by atoms with van der Waals surface area (Å²) < 4.78 is 83.4. The number of hydrogen-bond donors (Lipinski definition) is 17. The Kier molecular flexibility index (Phi) is 56.0. The third-order valence-corrected chi connectivity index (χ3v) is 17.5. The lowest BCUT2D eigenvalue weighted by Crippen LogP contribution is -2.64. The molecule has 0 radical (unpaired) electrons. The monoisotopic (exact) mass is 1610 g/mol. The largest absolute Gasteiger partial charge is 0.396 e. The van der Waals surface area contributed by atoms with Crippen molar-refractivity contribution in [1.82, 2.24) is 42.5 Å². The van der Waals surface area contributed by atoms with Crippen LogP contribution in [0.3, 0.4) is 0 Å². The van der Waals surface area contributed by atoms with Gasteiger partial charge in [0.2, 0.25) is 47.3 Å². The summed E-state index contributed by atoms with van der Waals surface area (Å²) in [6.45, 7) is 5.95. The van der Waals surface area contributed by atoms with Crippen LogP contribution in [0.15, 0.2) is 0 Å². The molecule has 111 heavy (non-hydrogen) atoms. The van der Waals surface area contributed by atoms with Gasteiger partial charge in [-0.15, -0.1) is 0 Å². The predicted molar refractivity (Wildman–Crippen MR) is 389 cm³/mol. The van der Waals surface area contributed by atoms with E-state index in [2.05, 4.69) is 49.5 Å². The van der Waals surface area contributed by atoms with Gasteiger partial charge in [-0.05, 0) is 51.4 Å².